The third kappa shape index (κ3) is 4.37. The smallest absolute Gasteiger partial charge is 0.222 e. The van der Waals surface area contributed by atoms with Gasteiger partial charge in [0.15, 0.2) is 0 Å². The Labute approximate surface area is 75.7 Å². The summed E-state index contributed by atoms with van der Waals surface area (Å²) in [6.07, 6.45) is 2.05. The van der Waals surface area contributed by atoms with E-state index in [1.165, 1.54) is 0 Å². The lowest BCUT2D eigenvalue weighted by molar-refractivity contribution is -0.124. The van der Waals surface area contributed by atoms with Crippen molar-refractivity contribution < 1.29 is 4.79 Å². The predicted octanol–water partition coefficient (Wildman–Crippen LogP) is 2.19. The van der Waals surface area contributed by atoms with Crippen molar-refractivity contribution in [2.75, 3.05) is 6.54 Å². The molecule has 0 aromatic carbocycles. The molecule has 0 saturated carbocycles. The molecule has 0 aromatic rings. The second kappa shape index (κ2) is 6.04. The standard InChI is InChI=1S/C10H21NO/c1-5-8(3)7-11-10(12)9(4)6-2/h8-9H,5-7H2,1-4H3,(H,11,12)/t8-,9?/m0/s1. The molecular formula is C10H21NO. The van der Waals surface area contributed by atoms with Gasteiger partial charge in [0.05, 0.1) is 0 Å². The molecule has 0 radical (unpaired) electrons. The lowest BCUT2D eigenvalue weighted by atomic mass is 10.1. The van der Waals surface area contributed by atoms with Crippen LogP contribution in [0.25, 0.3) is 0 Å². The van der Waals surface area contributed by atoms with E-state index in [1.807, 2.05) is 13.8 Å². The van der Waals surface area contributed by atoms with Crippen molar-refractivity contribution in [3.63, 3.8) is 0 Å². The molecule has 0 saturated heterocycles. The van der Waals surface area contributed by atoms with Crippen LogP contribution in [0.5, 0.6) is 0 Å². The van der Waals surface area contributed by atoms with Gasteiger partial charge in [-0.2, -0.15) is 0 Å². The van der Waals surface area contributed by atoms with Crippen molar-refractivity contribution in [3.8, 4) is 0 Å². The number of rotatable bonds is 5. The van der Waals surface area contributed by atoms with Crippen LogP contribution in [0.3, 0.4) is 0 Å². The van der Waals surface area contributed by atoms with Gasteiger partial charge in [0.2, 0.25) is 5.91 Å². The molecule has 0 fully saturated rings. The Morgan fingerprint density at radius 2 is 1.83 bits per heavy atom. The summed E-state index contributed by atoms with van der Waals surface area (Å²) < 4.78 is 0. The molecule has 1 unspecified atom stereocenters. The van der Waals surface area contributed by atoms with Crippen LogP contribution in [-0.4, -0.2) is 12.5 Å². The summed E-state index contributed by atoms with van der Waals surface area (Å²) in [5.41, 5.74) is 0. The molecule has 0 aliphatic carbocycles. The van der Waals surface area contributed by atoms with Gasteiger partial charge in [-0.15, -0.1) is 0 Å². The molecule has 0 aliphatic rings. The summed E-state index contributed by atoms with van der Waals surface area (Å²) in [5, 5.41) is 2.95. The second-order valence-electron chi connectivity index (χ2n) is 3.57. The molecule has 0 aliphatic heterocycles. The summed E-state index contributed by atoms with van der Waals surface area (Å²) in [4.78, 5) is 11.3. The van der Waals surface area contributed by atoms with Crippen molar-refractivity contribution in [1.29, 1.82) is 0 Å². The molecule has 2 atom stereocenters. The van der Waals surface area contributed by atoms with Gasteiger partial charge in [-0.25, -0.2) is 0 Å². The highest BCUT2D eigenvalue weighted by Crippen LogP contribution is 2.02. The zero-order valence-corrected chi connectivity index (χ0v) is 8.68. The van der Waals surface area contributed by atoms with Crippen LogP contribution in [0, 0.1) is 11.8 Å². The highest BCUT2D eigenvalue weighted by atomic mass is 16.1. The first-order valence-corrected chi connectivity index (χ1v) is 4.89. The summed E-state index contributed by atoms with van der Waals surface area (Å²) in [6, 6.07) is 0. The van der Waals surface area contributed by atoms with Crippen molar-refractivity contribution in [2.24, 2.45) is 11.8 Å². The van der Waals surface area contributed by atoms with Crippen LogP contribution < -0.4 is 5.32 Å². The monoisotopic (exact) mass is 171 g/mol. The van der Waals surface area contributed by atoms with Gasteiger partial charge in [0.1, 0.15) is 0 Å². The average molecular weight is 171 g/mol. The molecule has 1 amide bonds. The predicted molar refractivity (Wildman–Crippen MR) is 51.9 cm³/mol. The Kier molecular flexibility index (Phi) is 5.77. The Balaban J connectivity index is 3.56. The lowest BCUT2D eigenvalue weighted by Gasteiger charge is -2.13. The minimum absolute atomic E-state index is 0.161. The summed E-state index contributed by atoms with van der Waals surface area (Å²) in [5.74, 6) is 0.949. The maximum Gasteiger partial charge on any atom is 0.222 e. The Hall–Kier alpha value is -0.530. The van der Waals surface area contributed by atoms with Gasteiger partial charge in [-0.1, -0.05) is 34.1 Å². The molecule has 0 heterocycles. The number of amides is 1. The van der Waals surface area contributed by atoms with Gasteiger partial charge in [-0.05, 0) is 12.3 Å². The topological polar surface area (TPSA) is 29.1 Å². The van der Waals surface area contributed by atoms with Crippen molar-refractivity contribution in [3.05, 3.63) is 0 Å². The minimum atomic E-state index is 0.161. The fraction of sp³-hybridized carbons (Fsp3) is 0.900. The zero-order chi connectivity index (χ0) is 9.56. The van der Waals surface area contributed by atoms with E-state index in [-0.39, 0.29) is 11.8 Å². The first-order valence-electron chi connectivity index (χ1n) is 4.89. The van der Waals surface area contributed by atoms with Gasteiger partial charge in [0, 0.05) is 12.5 Å². The van der Waals surface area contributed by atoms with Gasteiger partial charge in [0.25, 0.3) is 0 Å². The van der Waals surface area contributed by atoms with Crippen LogP contribution in [-0.2, 0) is 4.79 Å². The first-order chi connectivity index (χ1) is 5.61. The second-order valence-corrected chi connectivity index (χ2v) is 3.57. The number of nitrogens with one attached hydrogen (secondary N) is 1. The van der Waals surface area contributed by atoms with Crippen molar-refractivity contribution >= 4 is 5.91 Å². The SMILES string of the molecule is CCC(C)C(=O)NC[C@@H](C)CC. The van der Waals surface area contributed by atoms with E-state index in [1.54, 1.807) is 0 Å². The van der Waals surface area contributed by atoms with Gasteiger partial charge in [-0.3, -0.25) is 4.79 Å². The van der Waals surface area contributed by atoms with Crippen molar-refractivity contribution in [2.45, 2.75) is 40.5 Å². The largest absolute Gasteiger partial charge is 0.356 e. The molecule has 12 heavy (non-hydrogen) atoms. The minimum Gasteiger partial charge on any atom is -0.356 e. The van der Waals surface area contributed by atoms with E-state index < -0.39 is 0 Å². The van der Waals surface area contributed by atoms with E-state index in [2.05, 4.69) is 19.2 Å². The van der Waals surface area contributed by atoms with Crippen LogP contribution in [0.4, 0.5) is 0 Å². The summed E-state index contributed by atoms with van der Waals surface area (Å²) >= 11 is 0. The normalized spacial score (nSPS) is 15.3. The lowest BCUT2D eigenvalue weighted by Crippen LogP contribution is -2.32. The summed E-state index contributed by atoms with van der Waals surface area (Å²) in [7, 11) is 0. The van der Waals surface area contributed by atoms with Crippen LogP contribution in [0.2, 0.25) is 0 Å². The summed E-state index contributed by atoms with van der Waals surface area (Å²) in [6.45, 7) is 9.11. The average Bonchev–Trinajstić information content (AvgIpc) is 2.11. The van der Waals surface area contributed by atoms with Crippen LogP contribution in [0.1, 0.15) is 40.5 Å². The molecule has 0 spiro atoms. The van der Waals surface area contributed by atoms with Crippen LogP contribution >= 0.6 is 0 Å². The number of carbonyl (C=O) groups excluding carboxylic acids is 1. The molecule has 72 valence electrons. The fourth-order valence-corrected chi connectivity index (χ4v) is 0.779. The number of hydrogen-bond acceptors (Lipinski definition) is 1. The maximum atomic E-state index is 11.3. The maximum absolute atomic E-state index is 11.3. The Morgan fingerprint density at radius 3 is 2.25 bits per heavy atom. The Morgan fingerprint density at radius 1 is 1.25 bits per heavy atom. The van der Waals surface area contributed by atoms with E-state index >= 15 is 0 Å². The third-order valence-corrected chi connectivity index (χ3v) is 2.38. The van der Waals surface area contributed by atoms with E-state index in [0.29, 0.717) is 5.92 Å². The molecule has 0 aromatic heterocycles. The van der Waals surface area contributed by atoms with Crippen LogP contribution in [0.15, 0.2) is 0 Å². The molecule has 0 bridgehead atoms. The van der Waals surface area contributed by atoms with E-state index in [4.69, 9.17) is 0 Å². The fourth-order valence-electron chi connectivity index (χ4n) is 0.779. The zero-order valence-electron chi connectivity index (χ0n) is 8.68. The molecule has 2 nitrogen and oxygen atoms in total. The van der Waals surface area contributed by atoms with Gasteiger partial charge >= 0.3 is 0 Å². The molecule has 0 rings (SSSR count). The van der Waals surface area contributed by atoms with E-state index in [9.17, 15) is 4.79 Å². The molecular weight excluding hydrogens is 150 g/mol. The first kappa shape index (κ1) is 11.5. The molecule has 1 N–H and O–H groups in total. The highest BCUT2D eigenvalue weighted by Gasteiger charge is 2.10. The van der Waals surface area contributed by atoms with E-state index in [0.717, 1.165) is 19.4 Å². The number of carbonyl (C=O) groups is 1. The molecule has 2 heteroatoms. The highest BCUT2D eigenvalue weighted by molar-refractivity contribution is 5.78. The van der Waals surface area contributed by atoms with Crippen molar-refractivity contribution in [1.82, 2.24) is 5.32 Å². The van der Waals surface area contributed by atoms with Gasteiger partial charge < -0.3 is 5.32 Å². The Bertz CT molecular complexity index is 134. The quantitative estimate of drug-likeness (QED) is 0.675. The third-order valence-electron chi connectivity index (χ3n) is 2.38. The number of hydrogen-bond donors (Lipinski definition) is 1.